The zero-order valence-corrected chi connectivity index (χ0v) is 19.5. The number of thiazole rings is 1. The highest BCUT2D eigenvalue weighted by Crippen LogP contribution is 2.29. The molecule has 184 valence electrons. The van der Waals surface area contributed by atoms with Crippen molar-refractivity contribution in [3.8, 4) is 0 Å². The van der Waals surface area contributed by atoms with Crippen LogP contribution in [-0.2, 0) is 30.4 Å². The molecule has 6 N–H and O–H groups in total. The first-order valence-electron chi connectivity index (χ1n) is 10.4. The number of guanidine groups is 1. The van der Waals surface area contributed by atoms with Crippen LogP contribution in [-0.4, -0.2) is 22.8 Å². The Labute approximate surface area is 203 Å². The summed E-state index contributed by atoms with van der Waals surface area (Å²) >= 11 is 1.03. The third-order valence-corrected chi connectivity index (χ3v) is 5.78. The standard InChI is InChI=1S/C23H23F3N6O2S/c1-13(33)30-22-32-18(11-6-14-4-9-17(10-5-14)31-21(27)28)19(35-22)20(34)29-12-15-2-7-16(8-3-15)23(24,25)26/h2-5,7-10H,6,11-12H2,1H3,(H,29,34)(H4,27,28,31)(H,30,32,33). The number of benzene rings is 2. The van der Waals surface area contributed by atoms with Crippen LogP contribution >= 0.6 is 11.3 Å². The molecule has 1 heterocycles. The van der Waals surface area contributed by atoms with Crippen LogP contribution in [0.1, 0.15) is 39.0 Å². The van der Waals surface area contributed by atoms with E-state index in [1.807, 2.05) is 12.1 Å². The molecule has 2 aromatic carbocycles. The number of halogens is 3. The van der Waals surface area contributed by atoms with Gasteiger partial charge in [-0.2, -0.15) is 13.2 Å². The van der Waals surface area contributed by atoms with Crippen LogP contribution in [0.3, 0.4) is 0 Å². The van der Waals surface area contributed by atoms with E-state index in [4.69, 9.17) is 11.5 Å². The number of hydrogen-bond donors (Lipinski definition) is 4. The van der Waals surface area contributed by atoms with Crippen molar-refractivity contribution in [1.29, 1.82) is 0 Å². The van der Waals surface area contributed by atoms with E-state index in [1.54, 1.807) is 12.1 Å². The molecule has 0 saturated carbocycles. The van der Waals surface area contributed by atoms with Crippen molar-refractivity contribution in [1.82, 2.24) is 10.3 Å². The third-order valence-electron chi connectivity index (χ3n) is 4.77. The second kappa shape index (κ2) is 11.0. The first-order chi connectivity index (χ1) is 16.5. The second-order valence-electron chi connectivity index (χ2n) is 7.56. The Hall–Kier alpha value is -3.93. The lowest BCUT2D eigenvalue weighted by atomic mass is 10.1. The number of alkyl halides is 3. The topological polar surface area (TPSA) is 135 Å². The summed E-state index contributed by atoms with van der Waals surface area (Å²) in [6.45, 7) is 1.37. The molecule has 12 heteroatoms. The Balaban J connectivity index is 1.70. The molecule has 3 aromatic rings. The molecule has 2 amide bonds. The van der Waals surface area contributed by atoms with Crippen LogP contribution in [0, 0.1) is 0 Å². The molecule has 0 saturated heterocycles. The Morgan fingerprint density at radius 2 is 1.63 bits per heavy atom. The molecule has 0 unspecified atom stereocenters. The summed E-state index contributed by atoms with van der Waals surface area (Å²) in [6, 6.07) is 11.8. The molecule has 0 aliphatic carbocycles. The van der Waals surface area contributed by atoms with Crippen molar-refractivity contribution in [3.05, 3.63) is 75.8 Å². The van der Waals surface area contributed by atoms with Crippen molar-refractivity contribution < 1.29 is 22.8 Å². The maximum absolute atomic E-state index is 12.9. The van der Waals surface area contributed by atoms with Gasteiger partial charge in [0, 0.05) is 13.5 Å². The van der Waals surface area contributed by atoms with E-state index in [9.17, 15) is 22.8 Å². The minimum Gasteiger partial charge on any atom is -0.370 e. The number of nitrogens with two attached hydrogens (primary N) is 2. The molecule has 35 heavy (non-hydrogen) atoms. The van der Waals surface area contributed by atoms with Gasteiger partial charge in [0.15, 0.2) is 11.1 Å². The van der Waals surface area contributed by atoms with E-state index in [0.29, 0.717) is 34.7 Å². The van der Waals surface area contributed by atoms with Crippen molar-refractivity contribution in [2.75, 3.05) is 5.32 Å². The predicted molar refractivity (Wildman–Crippen MR) is 128 cm³/mol. The molecular weight excluding hydrogens is 481 g/mol. The SMILES string of the molecule is CC(=O)Nc1nc(CCc2ccc(N=C(N)N)cc2)c(C(=O)NCc2ccc(C(F)(F)F)cc2)s1. The molecule has 0 spiro atoms. The predicted octanol–water partition coefficient (Wildman–Crippen LogP) is 3.74. The van der Waals surface area contributed by atoms with Crippen LogP contribution in [0.5, 0.6) is 0 Å². The van der Waals surface area contributed by atoms with Gasteiger partial charge in [-0.1, -0.05) is 35.6 Å². The van der Waals surface area contributed by atoms with Crippen molar-refractivity contribution in [2.45, 2.75) is 32.5 Å². The van der Waals surface area contributed by atoms with Gasteiger partial charge in [0.1, 0.15) is 4.88 Å². The Bertz CT molecular complexity index is 1220. The highest BCUT2D eigenvalue weighted by Gasteiger charge is 2.30. The van der Waals surface area contributed by atoms with Crippen LogP contribution in [0.2, 0.25) is 0 Å². The lowest BCUT2D eigenvalue weighted by molar-refractivity contribution is -0.137. The molecule has 3 rings (SSSR count). The quantitative estimate of drug-likeness (QED) is 0.274. The maximum Gasteiger partial charge on any atom is 0.416 e. The largest absolute Gasteiger partial charge is 0.416 e. The van der Waals surface area contributed by atoms with Gasteiger partial charge in [0.05, 0.1) is 16.9 Å². The zero-order valence-electron chi connectivity index (χ0n) is 18.6. The van der Waals surface area contributed by atoms with Gasteiger partial charge in [-0.15, -0.1) is 0 Å². The number of amides is 2. The minimum atomic E-state index is -4.43. The average Bonchev–Trinajstić information content (AvgIpc) is 3.18. The number of nitrogens with one attached hydrogen (secondary N) is 2. The highest BCUT2D eigenvalue weighted by molar-refractivity contribution is 7.17. The van der Waals surface area contributed by atoms with E-state index >= 15 is 0 Å². The zero-order chi connectivity index (χ0) is 25.6. The first kappa shape index (κ1) is 25.7. The van der Waals surface area contributed by atoms with Crippen molar-refractivity contribution in [3.63, 3.8) is 0 Å². The minimum absolute atomic E-state index is 0.0377. The smallest absolute Gasteiger partial charge is 0.370 e. The van der Waals surface area contributed by atoms with Gasteiger partial charge < -0.3 is 22.1 Å². The number of aliphatic imine (C=N–C) groups is 1. The fourth-order valence-electron chi connectivity index (χ4n) is 3.13. The van der Waals surface area contributed by atoms with Gasteiger partial charge >= 0.3 is 6.18 Å². The summed E-state index contributed by atoms with van der Waals surface area (Å²) in [5.74, 6) is -0.799. The molecular formula is C23H23F3N6O2S. The molecule has 8 nitrogen and oxygen atoms in total. The van der Waals surface area contributed by atoms with E-state index in [0.717, 1.165) is 29.0 Å². The van der Waals surface area contributed by atoms with Gasteiger partial charge in [-0.05, 0) is 48.2 Å². The Morgan fingerprint density at radius 3 is 2.20 bits per heavy atom. The van der Waals surface area contributed by atoms with E-state index in [1.165, 1.54) is 19.1 Å². The lowest BCUT2D eigenvalue weighted by Crippen LogP contribution is -2.23. The maximum atomic E-state index is 12.9. The molecule has 0 fully saturated rings. The monoisotopic (exact) mass is 504 g/mol. The highest BCUT2D eigenvalue weighted by atomic mass is 32.1. The Morgan fingerprint density at radius 1 is 1.00 bits per heavy atom. The number of aryl methyl sites for hydroxylation is 2. The summed E-state index contributed by atoms with van der Waals surface area (Å²) in [4.78, 5) is 33.0. The Kier molecular flexibility index (Phi) is 8.07. The first-order valence-corrected chi connectivity index (χ1v) is 11.2. The summed E-state index contributed by atoms with van der Waals surface area (Å²) in [7, 11) is 0. The average molecular weight is 505 g/mol. The lowest BCUT2D eigenvalue weighted by Gasteiger charge is -2.09. The number of anilines is 1. The van der Waals surface area contributed by atoms with E-state index in [-0.39, 0.29) is 23.5 Å². The van der Waals surface area contributed by atoms with Gasteiger partial charge in [-0.25, -0.2) is 9.98 Å². The third kappa shape index (κ3) is 7.54. The van der Waals surface area contributed by atoms with E-state index < -0.39 is 17.6 Å². The number of hydrogen-bond acceptors (Lipinski definition) is 5. The van der Waals surface area contributed by atoms with Crippen molar-refractivity contribution >= 4 is 39.9 Å². The van der Waals surface area contributed by atoms with Gasteiger partial charge in [0.2, 0.25) is 5.91 Å². The van der Waals surface area contributed by atoms with Crippen LogP contribution in [0.4, 0.5) is 24.0 Å². The summed E-state index contributed by atoms with van der Waals surface area (Å²) in [5, 5.41) is 5.57. The number of aromatic nitrogens is 1. The van der Waals surface area contributed by atoms with Crippen molar-refractivity contribution in [2.24, 2.45) is 16.5 Å². The van der Waals surface area contributed by atoms with Crippen LogP contribution in [0.25, 0.3) is 0 Å². The second-order valence-corrected chi connectivity index (χ2v) is 8.56. The number of nitrogens with zero attached hydrogens (tertiary/aromatic N) is 2. The summed E-state index contributed by atoms with van der Waals surface area (Å²) < 4.78 is 38.2. The summed E-state index contributed by atoms with van der Waals surface area (Å²) in [6.07, 6.45) is -3.45. The fourth-order valence-corrected chi connectivity index (χ4v) is 4.10. The number of rotatable bonds is 8. The van der Waals surface area contributed by atoms with Gasteiger partial charge in [0.25, 0.3) is 5.91 Å². The van der Waals surface area contributed by atoms with E-state index in [2.05, 4.69) is 20.6 Å². The molecule has 0 bridgehead atoms. The number of carbonyl (C=O) groups excluding carboxylic acids is 2. The van der Waals surface area contributed by atoms with Crippen LogP contribution in [0.15, 0.2) is 53.5 Å². The van der Waals surface area contributed by atoms with Gasteiger partial charge in [-0.3, -0.25) is 9.59 Å². The molecule has 0 radical (unpaired) electrons. The van der Waals surface area contributed by atoms with Crippen LogP contribution < -0.4 is 22.1 Å². The normalized spacial score (nSPS) is 11.1. The number of carbonyl (C=O) groups is 2. The molecule has 0 atom stereocenters. The molecule has 0 aliphatic rings. The molecule has 1 aromatic heterocycles. The molecule has 0 aliphatic heterocycles. The summed E-state index contributed by atoms with van der Waals surface area (Å²) in [5.41, 5.74) is 12.6. The fraction of sp³-hybridized carbons (Fsp3) is 0.217.